The fraction of sp³-hybridized carbons (Fsp3) is 0.615. The second-order valence-corrected chi connectivity index (χ2v) is 4.79. The number of rotatable bonds is 5. The smallest absolute Gasteiger partial charge is 0.0659 e. The zero-order chi connectivity index (χ0) is 12.1. The highest BCUT2D eigenvalue weighted by molar-refractivity contribution is 5.04. The monoisotopic (exact) mass is 235 g/mol. The molecule has 0 bridgehead atoms. The van der Waals surface area contributed by atoms with E-state index >= 15 is 0 Å². The first kappa shape index (κ1) is 12.5. The Balaban J connectivity index is 1.93. The quantitative estimate of drug-likeness (QED) is 0.828. The minimum absolute atomic E-state index is 0.176. The topological polar surface area (TPSA) is 51.4 Å². The van der Waals surface area contributed by atoms with Gasteiger partial charge in [-0.1, -0.05) is 13.0 Å². The highest BCUT2D eigenvalue weighted by Crippen LogP contribution is 2.17. The van der Waals surface area contributed by atoms with Gasteiger partial charge in [-0.2, -0.15) is 0 Å². The molecule has 17 heavy (non-hydrogen) atoms. The normalized spacial score (nSPS) is 24.4. The van der Waals surface area contributed by atoms with Crippen LogP contribution in [0.15, 0.2) is 24.4 Å². The summed E-state index contributed by atoms with van der Waals surface area (Å²) >= 11 is 0. The van der Waals surface area contributed by atoms with Crippen LogP contribution in [-0.2, 0) is 11.3 Å². The summed E-state index contributed by atoms with van der Waals surface area (Å²) in [6, 6.07) is 6.01. The number of hydrogen-bond donors (Lipinski definition) is 1. The van der Waals surface area contributed by atoms with Gasteiger partial charge in [0.2, 0.25) is 0 Å². The molecular formula is C13H21N3O. The van der Waals surface area contributed by atoms with Crippen LogP contribution < -0.4 is 5.73 Å². The van der Waals surface area contributed by atoms with E-state index in [9.17, 15) is 0 Å². The van der Waals surface area contributed by atoms with Gasteiger partial charge in [-0.05, 0) is 25.1 Å². The van der Waals surface area contributed by atoms with Gasteiger partial charge in [0.05, 0.1) is 17.8 Å². The molecule has 1 aliphatic rings. The lowest BCUT2D eigenvalue weighted by atomic mass is 9.99. The van der Waals surface area contributed by atoms with Crippen LogP contribution in [0.4, 0.5) is 0 Å². The van der Waals surface area contributed by atoms with E-state index in [0.29, 0.717) is 6.61 Å². The number of aromatic nitrogens is 1. The van der Waals surface area contributed by atoms with Crippen molar-refractivity contribution in [1.82, 2.24) is 9.88 Å². The van der Waals surface area contributed by atoms with Gasteiger partial charge in [0.1, 0.15) is 0 Å². The van der Waals surface area contributed by atoms with E-state index < -0.39 is 0 Å². The van der Waals surface area contributed by atoms with Crippen molar-refractivity contribution in [2.24, 2.45) is 5.73 Å². The third-order valence-electron chi connectivity index (χ3n) is 3.23. The van der Waals surface area contributed by atoms with Crippen molar-refractivity contribution in [3.05, 3.63) is 30.1 Å². The van der Waals surface area contributed by atoms with Crippen molar-refractivity contribution in [3.63, 3.8) is 0 Å². The minimum atomic E-state index is -0.176. The van der Waals surface area contributed by atoms with Crippen LogP contribution in [0, 0.1) is 0 Å². The van der Waals surface area contributed by atoms with Crippen LogP contribution in [0.1, 0.15) is 19.0 Å². The number of likely N-dealkylation sites (N-methyl/N-ethyl adjacent to an activating group) is 1. The standard InChI is InChI=1S/C13H21N3O/c1-2-16(9-12-5-3-4-7-15-12)10-13(14)6-8-17-11-13/h3-5,7H,2,6,8-11,14H2,1H3. The summed E-state index contributed by atoms with van der Waals surface area (Å²) in [6.45, 7) is 6.33. The summed E-state index contributed by atoms with van der Waals surface area (Å²) in [4.78, 5) is 6.68. The number of nitrogens with zero attached hydrogens (tertiary/aromatic N) is 2. The molecule has 0 amide bonds. The van der Waals surface area contributed by atoms with E-state index in [1.54, 1.807) is 0 Å². The SMILES string of the molecule is CCN(Cc1ccccn1)CC1(N)CCOC1. The van der Waals surface area contributed by atoms with Crippen LogP contribution >= 0.6 is 0 Å². The molecule has 94 valence electrons. The summed E-state index contributed by atoms with van der Waals surface area (Å²) in [7, 11) is 0. The molecule has 0 saturated carbocycles. The van der Waals surface area contributed by atoms with E-state index in [1.165, 1.54) is 0 Å². The molecule has 0 spiro atoms. The molecule has 1 aliphatic heterocycles. The molecule has 0 aliphatic carbocycles. The number of hydrogen-bond acceptors (Lipinski definition) is 4. The van der Waals surface area contributed by atoms with E-state index in [-0.39, 0.29) is 5.54 Å². The maximum absolute atomic E-state index is 6.30. The highest BCUT2D eigenvalue weighted by atomic mass is 16.5. The zero-order valence-electron chi connectivity index (χ0n) is 10.4. The number of ether oxygens (including phenoxy) is 1. The highest BCUT2D eigenvalue weighted by Gasteiger charge is 2.32. The van der Waals surface area contributed by atoms with Gasteiger partial charge >= 0.3 is 0 Å². The van der Waals surface area contributed by atoms with Crippen LogP contribution in [0.5, 0.6) is 0 Å². The number of pyridine rings is 1. The van der Waals surface area contributed by atoms with E-state index in [4.69, 9.17) is 10.5 Å². The molecule has 1 unspecified atom stereocenters. The Morgan fingerprint density at radius 1 is 1.53 bits per heavy atom. The Morgan fingerprint density at radius 3 is 3.00 bits per heavy atom. The average molecular weight is 235 g/mol. The summed E-state index contributed by atoms with van der Waals surface area (Å²) in [6.07, 6.45) is 2.78. The van der Waals surface area contributed by atoms with Crippen molar-refractivity contribution in [2.45, 2.75) is 25.4 Å². The molecule has 2 rings (SSSR count). The molecule has 2 N–H and O–H groups in total. The lowest BCUT2D eigenvalue weighted by Crippen LogP contribution is -2.50. The van der Waals surface area contributed by atoms with Gasteiger partial charge in [0, 0.05) is 25.9 Å². The van der Waals surface area contributed by atoms with Crippen molar-refractivity contribution >= 4 is 0 Å². The average Bonchev–Trinajstić information content (AvgIpc) is 2.76. The Morgan fingerprint density at radius 2 is 2.41 bits per heavy atom. The Hall–Kier alpha value is -0.970. The summed E-state index contributed by atoms with van der Waals surface area (Å²) in [5, 5.41) is 0. The molecule has 2 heterocycles. The van der Waals surface area contributed by atoms with E-state index in [0.717, 1.165) is 38.4 Å². The van der Waals surface area contributed by atoms with Crippen LogP contribution in [0.2, 0.25) is 0 Å². The number of nitrogens with two attached hydrogens (primary N) is 1. The first-order valence-electron chi connectivity index (χ1n) is 6.21. The largest absolute Gasteiger partial charge is 0.379 e. The fourth-order valence-electron chi connectivity index (χ4n) is 2.19. The summed E-state index contributed by atoms with van der Waals surface area (Å²) in [5.41, 5.74) is 7.22. The minimum Gasteiger partial charge on any atom is -0.379 e. The Kier molecular flexibility index (Phi) is 4.10. The van der Waals surface area contributed by atoms with Gasteiger partial charge < -0.3 is 10.5 Å². The molecule has 4 heteroatoms. The molecular weight excluding hydrogens is 214 g/mol. The first-order chi connectivity index (χ1) is 8.22. The molecule has 1 aromatic heterocycles. The predicted octanol–water partition coefficient (Wildman–Crippen LogP) is 1.02. The fourth-order valence-corrected chi connectivity index (χ4v) is 2.19. The second-order valence-electron chi connectivity index (χ2n) is 4.79. The summed E-state index contributed by atoms with van der Waals surface area (Å²) in [5.74, 6) is 0. The van der Waals surface area contributed by atoms with Crippen molar-refractivity contribution in [3.8, 4) is 0 Å². The lowest BCUT2D eigenvalue weighted by molar-refractivity contribution is 0.151. The molecule has 1 atom stereocenters. The first-order valence-corrected chi connectivity index (χ1v) is 6.21. The molecule has 4 nitrogen and oxygen atoms in total. The van der Waals surface area contributed by atoms with Crippen molar-refractivity contribution in [1.29, 1.82) is 0 Å². The Labute approximate surface area is 103 Å². The van der Waals surface area contributed by atoms with Gasteiger partial charge in [0.25, 0.3) is 0 Å². The molecule has 0 radical (unpaired) electrons. The van der Waals surface area contributed by atoms with E-state index in [1.807, 2.05) is 18.3 Å². The molecule has 1 fully saturated rings. The van der Waals surface area contributed by atoms with Crippen LogP contribution in [0.3, 0.4) is 0 Å². The second kappa shape index (κ2) is 5.58. The molecule has 1 saturated heterocycles. The van der Waals surface area contributed by atoms with Gasteiger partial charge in [-0.15, -0.1) is 0 Å². The maximum atomic E-state index is 6.30. The predicted molar refractivity (Wildman–Crippen MR) is 67.5 cm³/mol. The Bertz CT molecular complexity index is 336. The zero-order valence-corrected chi connectivity index (χ0v) is 10.4. The third kappa shape index (κ3) is 3.49. The maximum Gasteiger partial charge on any atom is 0.0659 e. The van der Waals surface area contributed by atoms with Crippen molar-refractivity contribution < 1.29 is 4.74 Å². The van der Waals surface area contributed by atoms with Crippen molar-refractivity contribution in [2.75, 3.05) is 26.3 Å². The van der Waals surface area contributed by atoms with E-state index in [2.05, 4.69) is 22.9 Å². The van der Waals surface area contributed by atoms with Crippen LogP contribution in [-0.4, -0.2) is 41.7 Å². The lowest BCUT2D eigenvalue weighted by Gasteiger charge is -2.30. The van der Waals surface area contributed by atoms with Crippen LogP contribution in [0.25, 0.3) is 0 Å². The van der Waals surface area contributed by atoms with Gasteiger partial charge in [-0.3, -0.25) is 9.88 Å². The van der Waals surface area contributed by atoms with Gasteiger partial charge in [0.15, 0.2) is 0 Å². The molecule has 0 aromatic carbocycles. The van der Waals surface area contributed by atoms with Gasteiger partial charge in [-0.25, -0.2) is 0 Å². The summed E-state index contributed by atoms with van der Waals surface area (Å²) < 4.78 is 5.39. The molecule has 1 aromatic rings. The third-order valence-corrected chi connectivity index (χ3v) is 3.23.